The second-order valence-corrected chi connectivity index (χ2v) is 4.30. The highest BCUT2D eigenvalue weighted by Crippen LogP contribution is 2.09. The number of halogens is 1. The normalized spacial score (nSPS) is 10.7. The lowest BCUT2D eigenvalue weighted by atomic mass is 10.2. The smallest absolute Gasteiger partial charge is 0.122 e. The average molecular weight is 250 g/mol. The molecule has 1 N–H and O–H groups in total. The van der Waals surface area contributed by atoms with Crippen molar-refractivity contribution in [1.82, 2.24) is 14.9 Å². The first-order valence-electron chi connectivity index (χ1n) is 5.74. The van der Waals surface area contributed by atoms with Crippen molar-refractivity contribution >= 4 is 11.6 Å². The zero-order valence-corrected chi connectivity index (χ0v) is 10.6. The van der Waals surface area contributed by atoms with E-state index in [0.29, 0.717) is 0 Å². The molecule has 90 valence electrons. The van der Waals surface area contributed by atoms with Crippen molar-refractivity contribution in [3.63, 3.8) is 0 Å². The van der Waals surface area contributed by atoms with Gasteiger partial charge in [0.05, 0.1) is 6.54 Å². The predicted octanol–water partition coefficient (Wildman–Crippen LogP) is 2.85. The average Bonchev–Trinajstić information content (AvgIpc) is 2.79. The van der Waals surface area contributed by atoms with Gasteiger partial charge < -0.3 is 9.88 Å². The van der Waals surface area contributed by atoms with Gasteiger partial charge in [0.2, 0.25) is 0 Å². The van der Waals surface area contributed by atoms with Crippen LogP contribution in [0.3, 0.4) is 0 Å². The van der Waals surface area contributed by atoms with E-state index in [9.17, 15) is 0 Å². The van der Waals surface area contributed by atoms with Gasteiger partial charge in [-0.2, -0.15) is 0 Å². The van der Waals surface area contributed by atoms with E-state index in [4.69, 9.17) is 11.6 Å². The van der Waals surface area contributed by atoms with Crippen molar-refractivity contribution in [2.75, 3.05) is 0 Å². The molecule has 4 heteroatoms. The van der Waals surface area contributed by atoms with Gasteiger partial charge in [-0.25, -0.2) is 4.98 Å². The minimum Gasteiger partial charge on any atom is -0.334 e. The maximum absolute atomic E-state index is 5.83. The molecular weight excluding hydrogens is 234 g/mol. The third-order valence-corrected chi connectivity index (χ3v) is 2.92. The Morgan fingerprint density at radius 1 is 1.24 bits per heavy atom. The van der Waals surface area contributed by atoms with Crippen LogP contribution in [0.4, 0.5) is 0 Å². The van der Waals surface area contributed by atoms with Crippen LogP contribution in [0.5, 0.6) is 0 Å². The molecule has 17 heavy (non-hydrogen) atoms. The van der Waals surface area contributed by atoms with E-state index >= 15 is 0 Å². The molecule has 0 aliphatic rings. The zero-order valence-electron chi connectivity index (χ0n) is 9.86. The van der Waals surface area contributed by atoms with Gasteiger partial charge in [-0.05, 0) is 24.6 Å². The van der Waals surface area contributed by atoms with Crippen LogP contribution in [0.2, 0.25) is 5.02 Å². The third-order valence-electron chi connectivity index (χ3n) is 2.67. The number of aryl methyl sites for hydroxylation is 1. The molecular formula is C13H16ClN3. The van der Waals surface area contributed by atoms with E-state index in [2.05, 4.69) is 21.8 Å². The lowest BCUT2D eigenvalue weighted by Gasteiger charge is -2.06. The molecule has 0 unspecified atom stereocenters. The van der Waals surface area contributed by atoms with Gasteiger partial charge >= 0.3 is 0 Å². The Bertz CT molecular complexity index is 462. The quantitative estimate of drug-likeness (QED) is 0.883. The molecule has 0 amide bonds. The SMILES string of the molecule is CCn1ccnc1CNCc1ccc(Cl)cc1. The highest BCUT2D eigenvalue weighted by atomic mass is 35.5. The Morgan fingerprint density at radius 3 is 2.71 bits per heavy atom. The molecule has 0 bridgehead atoms. The van der Waals surface area contributed by atoms with Crippen LogP contribution in [0.1, 0.15) is 18.3 Å². The first-order chi connectivity index (χ1) is 8.29. The topological polar surface area (TPSA) is 29.9 Å². The van der Waals surface area contributed by atoms with Crippen molar-refractivity contribution in [3.05, 3.63) is 53.1 Å². The molecule has 0 aliphatic carbocycles. The summed E-state index contributed by atoms with van der Waals surface area (Å²) in [7, 11) is 0. The van der Waals surface area contributed by atoms with Crippen LogP contribution in [0.25, 0.3) is 0 Å². The van der Waals surface area contributed by atoms with Crippen molar-refractivity contribution < 1.29 is 0 Å². The monoisotopic (exact) mass is 249 g/mol. The number of aromatic nitrogens is 2. The molecule has 0 aliphatic heterocycles. The number of nitrogens with one attached hydrogen (secondary N) is 1. The molecule has 3 nitrogen and oxygen atoms in total. The highest BCUT2D eigenvalue weighted by Gasteiger charge is 2.00. The summed E-state index contributed by atoms with van der Waals surface area (Å²) in [6, 6.07) is 7.88. The van der Waals surface area contributed by atoms with Gasteiger partial charge in [-0.3, -0.25) is 0 Å². The van der Waals surface area contributed by atoms with Gasteiger partial charge in [0.1, 0.15) is 5.82 Å². The van der Waals surface area contributed by atoms with Crippen molar-refractivity contribution in [3.8, 4) is 0 Å². The molecule has 0 radical (unpaired) electrons. The maximum atomic E-state index is 5.83. The molecule has 1 heterocycles. The molecule has 0 atom stereocenters. The molecule has 1 aromatic heterocycles. The van der Waals surface area contributed by atoms with Crippen LogP contribution in [0.15, 0.2) is 36.7 Å². The number of hydrogen-bond acceptors (Lipinski definition) is 2. The summed E-state index contributed by atoms with van der Waals surface area (Å²) in [5.74, 6) is 1.07. The van der Waals surface area contributed by atoms with Gasteiger partial charge in [-0.1, -0.05) is 23.7 Å². The molecule has 2 rings (SSSR count). The molecule has 0 saturated carbocycles. The first-order valence-corrected chi connectivity index (χ1v) is 6.12. The van der Waals surface area contributed by atoms with Crippen molar-refractivity contribution in [2.24, 2.45) is 0 Å². The van der Waals surface area contributed by atoms with E-state index in [1.54, 1.807) is 0 Å². The Kier molecular flexibility index (Phi) is 4.18. The second kappa shape index (κ2) is 5.84. The lowest BCUT2D eigenvalue weighted by Crippen LogP contribution is -2.16. The van der Waals surface area contributed by atoms with E-state index in [1.165, 1.54) is 5.56 Å². The summed E-state index contributed by atoms with van der Waals surface area (Å²) in [5, 5.41) is 4.15. The number of nitrogens with zero attached hydrogens (tertiary/aromatic N) is 2. The van der Waals surface area contributed by atoms with Crippen molar-refractivity contribution in [2.45, 2.75) is 26.6 Å². The molecule has 1 aromatic carbocycles. The minimum atomic E-state index is 0.773. The van der Waals surface area contributed by atoms with Gasteiger partial charge in [0, 0.05) is 30.5 Å². The minimum absolute atomic E-state index is 0.773. The highest BCUT2D eigenvalue weighted by molar-refractivity contribution is 6.30. The van der Waals surface area contributed by atoms with E-state index in [-0.39, 0.29) is 0 Å². The van der Waals surface area contributed by atoms with E-state index in [0.717, 1.165) is 30.5 Å². The number of benzene rings is 1. The van der Waals surface area contributed by atoms with Gasteiger partial charge in [0.25, 0.3) is 0 Å². The third kappa shape index (κ3) is 3.32. The Labute approximate surface area is 106 Å². The lowest BCUT2D eigenvalue weighted by molar-refractivity contribution is 0.613. The number of rotatable bonds is 5. The zero-order chi connectivity index (χ0) is 12.1. The molecule has 0 spiro atoms. The fraction of sp³-hybridized carbons (Fsp3) is 0.308. The van der Waals surface area contributed by atoms with Crippen LogP contribution in [0, 0.1) is 0 Å². The summed E-state index contributed by atoms with van der Waals surface area (Å²) in [5.41, 5.74) is 1.23. The second-order valence-electron chi connectivity index (χ2n) is 3.86. The predicted molar refractivity (Wildman–Crippen MR) is 69.9 cm³/mol. The van der Waals surface area contributed by atoms with E-state index in [1.807, 2.05) is 36.7 Å². The summed E-state index contributed by atoms with van der Waals surface area (Å²) in [6.07, 6.45) is 3.84. The number of imidazole rings is 1. The van der Waals surface area contributed by atoms with Crippen LogP contribution in [-0.4, -0.2) is 9.55 Å². The van der Waals surface area contributed by atoms with Crippen LogP contribution in [-0.2, 0) is 19.6 Å². The van der Waals surface area contributed by atoms with Gasteiger partial charge in [-0.15, -0.1) is 0 Å². The summed E-state index contributed by atoms with van der Waals surface area (Å²) >= 11 is 5.83. The van der Waals surface area contributed by atoms with Crippen LogP contribution < -0.4 is 5.32 Å². The van der Waals surface area contributed by atoms with Gasteiger partial charge in [0.15, 0.2) is 0 Å². The molecule has 0 fully saturated rings. The van der Waals surface area contributed by atoms with Crippen molar-refractivity contribution in [1.29, 1.82) is 0 Å². The number of hydrogen-bond donors (Lipinski definition) is 1. The molecule has 2 aromatic rings. The Hall–Kier alpha value is -1.32. The maximum Gasteiger partial charge on any atom is 0.122 e. The summed E-state index contributed by atoms with van der Waals surface area (Å²) < 4.78 is 2.13. The fourth-order valence-electron chi connectivity index (χ4n) is 1.72. The van der Waals surface area contributed by atoms with Crippen LogP contribution >= 0.6 is 11.6 Å². The fourth-order valence-corrected chi connectivity index (χ4v) is 1.84. The molecule has 0 saturated heterocycles. The largest absolute Gasteiger partial charge is 0.334 e. The van der Waals surface area contributed by atoms with E-state index < -0.39 is 0 Å². The Balaban J connectivity index is 1.85. The summed E-state index contributed by atoms with van der Waals surface area (Å²) in [6.45, 7) is 4.68. The summed E-state index contributed by atoms with van der Waals surface area (Å²) in [4.78, 5) is 4.31. The Morgan fingerprint density at radius 2 is 2.00 bits per heavy atom. The first kappa shape index (κ1) is 12.1. The standard InChI is InChI=1S/C13H16ClN3/c1-2-17-8-7-16-13(17)10-15-9-11-3-5-12(14)6-4-11/h3-8,15H,2,9-10H2,1H3.